The van der Waals surface area contributed by atoms with Crippen LogP contribution in [0, 0.1) is 6.92 Å². The molecule has 0 saturated carbocycles. The third kappa shape index (κ3) is 5.06. The molecule has 0 aliphatic rings. The van der Waals surface area contributed by atoms with Crippen molar-refractivity contribution < 1.29 is 14.3 Å². The zero-order chi connectivity index (χ0) is 21.5. The average Bonchev–Trinajstić information content (AvgIpc) is 2.76. The number of carbonyl (C=O) groups is 1. The molecule has 0 atom stereocenters. The summed E-state index contributed by atoms with van der Waals surface area (Å²) in [4.78, 5) is 29.8. The second-order valence-corrected chi connectivity index (χ2v) is 7.33. The van der Waals surface area contributed by atoms with Crippen molar-refractivity contribution in [3.63, 3.8) is 0 Å². The van der Waals surface area contributed by atoms with Crippen LogP contribution in [0.3, 0.4) is 0 Å². The highest BCUT2D eigenvalue weighted by Crippen LogP contribution is 2.20. The summed E-state index contributed by atoms with van der Waals surface area (Å²) in [6.07, 6.45) is 2.25. The van der Waals surface area contributed by atoms with E-state index in [0.29, 0.717) is 18.0 Å². The molecule has 6 heteroatoms. The lowest BCUT2D eigenvalue weighted by Gasteiger charge is -2.12. The molecule has 0 saturated heterocycles. The minimum absolute atomic E-state index is 0.0997. The van der Waals surface area contributed by atoms with E-state index in [1.807, 2.05) is 49.4 Å². The summed E-state index contributed by atoms with van der Waals surface area (Å²) in [6.45, 7) is 4.84. The van der Waals surface area contributed by atoms with E-state index >= 15 is 0 Å². The molecule has 1 heterocycles. The van der Waals surface area contributed by atoms with Gasteiger partial charge in [-0.2, -0.15) is 0 Å². The molecule has 30 heavy (non-hydrogen) atoms. The predicted molar refractivity (Wildman–Crippen MR) is 117 cm³/mol. The predicted octanol–water partition coefficient (Wildman–Crippen LogP) is 4.19. The molecule has 0 fully saturated rings. The van der Waals surface area contributed by atoms with Crippen LogP contribution in [0.1, 0.15) is 43.0 Å². The average molecular weight is 408 g/mol. The van der Waals surface area contributed by atoms with Gasteiger partial charge < -0.3 is 14.0 Å². The lowest BCUT2D eigenvalue weighted by molar-refractivity contribution is -0.144. The monoisotopic (exact) mass is 408 g/mol. The van der Waals surface area contributed by atoms with Gasteiger partial charge in [0, 0.05) is 18.5 Å². The number of nitrogens with zero attached hydrogens (tertiary/aromatic N) is 2. The molecule has 0 amide bonds. The van der Waals surface area contributed by atoms with E-state index in [-0.39, 0.29) is 31.0 Å². The SMILES string of the molecule is CCCCn1c(=O)c(CCC(=O)OCc2cc(C)ccc2OC)nc2ccccc21. The van der Waals surface area contributed by atoms with Gasteiger partial charge in [0.05, 0.1) is 24.6 Å². The Bertz CT molecular complexity index is 1090. The lowest BCUT2D eigenvalue weighted by Crippen LogP contribution is -2.26. The number of carbonyl (C=O) groups excluding carboxylic acids is 1. The van der Waals surface area contributed by atoms with Crippen LogP contribution < -0.4 is 10.3 Å². The van der Waals surface area contributed by atoms with Crippen molar-refractivity contribution >= 4 is 17.0 Å². The standard InChI is InChI=1S/C24H28N2O4/c1-4-5-14-26-21-9-7-6-8-19(21)25-20(24(26)28)11-13-23(27)30-16-18-15-17(2)10-12-22(18)29-3/h6-10,12,15H,4-5,11,13-14,16H2,1-3H3. The second-order valence-electron chi connectivity index (χ2n) is 7.33. The van der Waals surface area contributed by atoms with Gasteiger partial charge in [-0.3, -0.25) is 9.59 Å². The van der Waals surface area contributed by atoms with Gasteiger partial charge in [0.1, 0.15) is 18.1 Å². The van der Waals surface area contributed by atoms with Gasteiger partial charge in [-0.05, 0) is 37.6 Å². The molecule has 0 spiro atoms. The highest BCUT2D eigenvalue weighted by molar-refractivity contribution is 5.75. The van der Waals surface area contributed by atoms with Crippen LogP contribution in [-0.4, -0.2) is 22.6 Å². The van der Waals surface area contributed by atoms with Crippen molar-refractivity contribution in [1.29, 1.82) is 0 Å². The minimum Gasteiger partial charge on any atom is -0.496 e. The lowest BCUT2D eigenvalue weighted by atomic mass is 10.1. The van der Waals surface area contributed by atoms with Crippen molar-refractivity contribution in [2.75, 3.05) is 7.11 Å². The van der Waals surface area contributed by atoms with Gasteiger partial charge >= 0.3 is 5.97 Å². The summed E-state index contributed by atoms with van der Waals surface area (Å²) in [5.41, 5.74) is 3.74. The van der Waals surface area contributed by atoms with Gasteiger partial charge in [0.25, 0.3) is 5.56 Å². The van der Waals surface area contributed by atoms with E-state index in [2.05, 4.69) is 11.9 Å². The van der Waals surface area contributed by atoms with E-state index in [1.165, 1.54) is 0 Å². The van der Waals surface area contributed by atoms with Gasteiger partial charge in [0.2, 0.25) is 0 Å². The molecule has 1 aromatic heterocycles. The van der Waals surface area contributed by atoms with Crippen molar-refractivity contribution in [3.05, 3.63) is 69.6 Å². The fourth-order valence-electron chi connectivity index (χ4n) is 3.42. The summed E-state index contributed by atoms with van der Waals surface area (Å²) in [5.74, 6) is 0.316. The van der Waals surface area contributed by atoms with Crippen molar-refractivity contribution in [3.8, 4) is 5.75 Å². The maximum atomic E-state index is 12.9. The summed E-state index contributed by atoms with van der Waals surface area (Å²) >= 11 is 0. The Morgan fingerprint density at radius 1 is 1.17 bits per heavy atom. The number of esters is 1. The van der Waals surface area contributed by atoms with E-state index in [4.69, 9.17) is 9.47 Å². The van der Waals surface area contributed by atoms with Crippen LogP contribution in [0.25, 0.3) is 11.0 Å². The fraction of sp³-hybridized carbons (Fsp3) is 0.375. The molecular formula is C24H28N2O4. The molecule has 0 aliphatic heterocycles. The number of hydrogen-bond acceptors (Lipinski definition) is 5. The summed E-state index contributed by atoms with van der Waals surface area (Å²) in [5, 5.41) is 0. The summed E-state index contributed by atoms with van der Waals surface area (Å²) < 4.78 is 12.5. The zero-order valence-corrected chi connectivity index (χ0v) is 17.8. The molecule has 0 unspecified atom stereocenters. The number of para-hydroxylation sites is 2. The highest BCUT2D eigenvalue weighted by atomic mass is 16.5. The van der Waals surface area contributed by atoms with Crippen molar-refractivity contribution in [1.82, 2.24) is 9.55 Å². The van der Waals surface area contributed by atoms with Crippen LogP contribution in [0.15, 0.2) is 47.3 Å². The molecule has 0 aliphatic carbocycles. The zero-order valence-electron chi connectivity index (χ0n) is 17.8. The van der Waals surface area contributed by atoms with Crippen molar-refractivity contribution in [2.24, 2.45) is 0 Å². The first-order chi connectivity index (χ1) is 14.5. The van der Waals surface area contributed by atoms with Gasteiger partial charge in [-0.15, -0.1) is 0 Å². The Balaban J connectivity index is 1.71. The number of rotatable bonds is 9. The minimum atomic E-state index is -0.368. The molecule has 3 rings (SSSR count). The van der Waals surface area contributed by atoms with Crippen LogP contribution in [0.2, 0.25) is 0 Å². The van der Waals surface area contributed by atoms with Gasteiger partial charge in [-0.25, -0.2) is 4.98 Å². The number of methoxy groups -OCH3 is 1. The molecular weight excluding hydrogens is 380 g/mol. The Kier molecular flexibility index (Phi) is 7.22. The Labute approximate surface area is 176 Å². The molecule has 3 aromatic rings. The largest absolute Gasteiger partial charge is 0.496 e. The first-order valence-corrected chi connectivity index (χ1v) is 10.3. The number of aryl methyl sites for hydroxylation is 3. The van der Waals surface area contributed by atoms with Crippen molar-refractivity contribution in [2.45, 2.75) is 52.7 Å². The molecule has 0 bridgehead atoms. The molecule has 0 N–H and O–H groups in total. The van der Waals surface area contributed by atoms with Gasteiger partial charge in [0.15, 0.2) is 0 Å². The Morgan fingerprint density at radius 2 is 1.97 bits per heavy atom. The Hall–Kier alpha value is -3.15. The highest BCUT2D eigenvalue weighted by Gasteiger charge is 2.14. The maximum Gasteiger partial charge on any atom is 0.306 e. The molecule has 6 nitrogen and oxygen atoms in total. The summed E-state index contributed by atoms with van der Waals surface area (Å²) in [7, 11) is 1.59. The van der Waals surface area contributed by atoms with E-state index in [1.54, 1.807) is 11.7 Å². The van der Waals surface area contributed by atoms with Crippen LogP contribution in [0.4, 0.5) is 0 Å². The van der Waals surface area contributed by atoms with E-state index < -0.39 is 0 Å². The smallest absolute Gasteiger partial charge is 0.306 e. The normalized spacial score (nSPS) is 10.9. The third-order valence-corrected chi connectivity index (χ3v) is 5.05. The first kappa shape index (κ1) is 21.6. The maximum absolute atomic E-state index is 12.9. The van der Waals surface area contributed by atoms with Crippen LogP contribution in [-0.2, 0) is 29.1 Å². The third-order valence-electron chi connectivity index (χ3n) is 5.05. The number of aromatic nitrogens is 2. The second kappa shape index (κ2) is 10.1. The fourth-order valence-corrected chi connectivity index (χ4v) is 3.42. The summed E-state index contributed by atoms with van der Waals surface area (Å²) in [6, 6.07) is 13.3. The first-order valence-electron chi connectivity index (χ1n) is 10.3. The van der Waals surface area contributed by atoms with Crippen LogP contribution >= 0.6 is 0 Å². The molecule has 0 radical (unpaired) electrons. The topological polar surface area (TPSA) is 70.4 Å². The molecule has 2 aromatic carbocycles. The number of fused-ring (bicyclic) bond motifs is 1. The van der Waals surface area contributed by atoms with Gasteiger partial charge in [-0.1, -0.05) is 37.1 Å². The molecule has 158 valence electrons. The number of benzene rings is 2. The number of hydrogen-bond donors (Lipinski definition) is 0. The van der Waals surface area contributed by atoms with Crippen LogP contribution in [0.5, 0.6) is 5.75 Å². The number of ether oxygens (including phenoxy) is 2. The van der Waals surface area contributed by atoms with E-state index in [9.17, 15) is 9.59 Å². The quantitative estimate of drug-likeness (QED) is 0.497. The Morgan fingerprint density at radius 3 is 2.73 bits per heavy atom. The number of unbranched alkanes of at least 4 members (excludes halogenated alkanes) is 1. The van der Waals surface area contributed by atoms with E-state index in [0.717, 1.165) is 35.0 Å².